The van der Waals surface area contributed by atoms with Crippen LogP contribution in [0.15, 0.2) is 0 Å². The van der Waals surface area contributed by atoms with Crippen LogP contribution in [0.3, 0.4) is 0 Å². The topological polar surface area (TPSA) is 78.4 Å². The first-order valence-electron chi connectivity index (χ1n) is 5.54. The average Bonchev–Trinajstić information content (AvgIpc) is 2.25. The van der Waals surface area contributed by atoms with E-state index in [0.29, 0.717) is 12.8 Å². The predicted octanol–water partition coefficient (Wildman–Crippen LogP) is 1.34. The monoisotopic (exact) mass is 240 g/mol. The van der Waals surface area contributed by atoms with Crippen molar-refractivity contribution in [2.24, 2.45) is 0 Å². The van der Waals surface area contributed by atoms with Crippen molar-refractivity contribution in [2.45, 2.75) is 51.6 Å². The zero-order valence-electron chi connectivity index (χ0n) is 10.8. The van der Waals surface area contributed by atoms with Crippen molar-refractivity contribution in [2.75, 3.05) is 0 Å². The fourth-order valence-corrected chi connectivity index (χ4v) is 1.35. The molecule has 0 aromatic heterocycles. The highest BCUT2D eigenvalue weighted by Crippen LogP contribution is 2.15. The molecule has 0 aliphatic rings. The Balaban J connectivity index is 4.77. The van der Waals surface area contributed by atoms with E-state index in [2.05, 4.69) is 16.6 Å². The zero-order chi connectivity index (χ0) is 13.7. The smallest absolute Gasteiger partial charge is 0.329 e. The van der Waals surface area contributed by atoms with Crippen LogP contribution in [-0.2, 0) is 4.79 Å². The minimum Gasteiger partial charge on any atom is -0.480 e. The van der Waals surface area contributed by atoms with Crippen molar-refractivity contribution >= 4 is 12.0 Å². The second-order valence-corrected chi connectivity index (χ2v) is 4.44. The zero-order valence-corrected chi connectivity index (χ0v) is 10.8. The number of carbonyl (C=O) groups is 2. The largest absolute Gasteiger partial charge is 0.480 e. The van der Waals surface area contributed by atoms with E-state index in [9.17, 15) is 9.59 Å². The molecule has 0 spiro atoms. The number of aliphatic carboxylic acids is 1. The Morgan fingerprint density at radius 2 is 1.71 bits per heavy atom. The summed E-state index contributed by atoms with van der Waals surface area (Å²) >= 11 is 0. The molecule has 17 heavy (non-hydrogen) atoms. The van der Waals surface area contributed by atoms with Gasteiger partial charge >= 0.3 is 12.0 Å². The molecule has 0 saturated carbocycles. The molecule has 3 N–H and O–H groups in total. The van der Waals surface area contributed by atoms with E-state index < -0.39 is 23.1 Å². The summed E-state index contributed by atoms with van der Waals surface area (Å²) in [5, 5.41) is 14.2. The van der Waals surface area contributed by atoms with Gasteiger partial charge in [-0.15, -0.1) is 6.42 Å². The van der Waals surface area contributed by atoms with Crippen molar-refractivity contribution in [1.82, 2.24) is 10.6 Å². The molecule has 0 saturated heterocycles. The second kappa shape index (κ2) is 5.58. The summed E-state index contributed by atoms with van der Waals surface area (Å²) in [4.78, 5) is 22.8. The standard InChI is InChI=1S/C12H20N2O3/c1-6-11(4,5)13-10(17)14-12(7-2,8-3)9(15)16/h1H,7-8H2,2-5H3,(H,15,16)(H2,13,14,17). The lowest BCUT2D eigenvalue weighted by atomic mass is 9.93. The number of nitrogens with one attached hydrogen (secondary N) is 2. The van der Waals surface area contributed by atoms with E-state index in [1.807, 2.05) is 0 Å². The number of hydrogen-bond donors (Lipinski definition) is 3. The number of rotatable bonds is 5. The quantitative estimate of drug-likeness (QED) is 0.634. The van der Waals surface area contributed by atoms with E-state index in [1.165, 1.54) is 0 Å². The summed E-state index contributed by atoms with van der Waals surface area (Å²) in [7, 11) is 0. The van der Waals surface area contributed by atoms with Gasteiger partial charge < -0.3 is 15.7 Å². The number of urea groups is 1. The van der Waals surface area contributed by atoms with E-state index in [4.69, 9.17) is 11.5 Å². The van der Waals surface area contributed by atoms with Crippen LogP contribution in [0.25, 0.3) is 0 Å². The molecule has 0 radical (unpaired) electrons. The van der Waals surface area contributed by atoms with Gasteiger partial charge in [0.25, 0.3) is 0 Å². The lowest BCUT2D eigenvalue weighted by Gasteiger charge is -2.30. The molecule has 0 aliphatic heterocycles. The van der Waals surface area contributed by atoms with Gasteiger partial charge in [0.2, 0.25) is 0 Å². The molecule has 5 nitrogen and oxygen atoms in total. The highest BCUT2D eigenvalue weighted by Gasteiger charge is 2.37. The fourth-order valence-electron chi connectivity index (χ4n) is 1.35. The second-order valence-electron chi connectivity index (χ2n) is 4.44. The first-order valence-corrected chi connectivity index (χ1v) is 5.54. The molecule has 96 valence electrons. The van der Waals surface area contributed by atoms with Crippen molar-refractivity contribution in [3.8, 4) is 12.3 Å². The van der Waals surface area contributed by atoms with Gasteiger partial charge in [0.1, 0.15) is 5.54 Å². The van der Waals surface area contributed by atoms with Crippen molar-refractivity contribution in [3.05, 3.63) is 0 Å². The van der Waals surface area contributed by atoms with Gasteiger partial charge in [-0.1, -0.05) is 19.8 Å². The molecule has 2 amide bonds. The third-order valence-electron chi connectivity index (χ3n) is 2.76. The summed E-state index contributed by atoms with van der Waals surface area (Å²) in [6.07, 6.45) is 5.85. The van der Waals surface area contributed by atoms with Crippen LogP contribution in [0.4, 0.5) is 4.79 Å². The van der Waals surface area contributed by atoms with Gasteiger partial charge in [0.15, 0.2) is 0 Å². The Bertz CT molecular complexity index is 338. The predicted molar refractivity (Wildman–Crippen MR) is 65.5 cm³/mol. The molecule has 0 rings (SSSR count). The van der Waals surface area contributed by atoms with Crippen molar-refractivity contribution in [3.63, 3.8) is 0 Å². The summed E-state index contributed by atoms with van der Waals surface area (Å²) in [5.41, 5.74) is -2.05. The molecule has 0 unspecified atom stereocenters. The maximum Gasteiger partial charge on any atom is 0.329 e. The van der Waals surface area contributed by atoms with Gasteiger partial charge in [-0.05, 0) is 26.7 Å². The van der Waals surface area contributed by atoms with E-state index in [-0.39, 0.29) is 0 Å². The molecule has 0 aromatic carbocycles. The number of amides is 2. The van der Waals surface area contributed by atoms with Crippen molar-refractivity contribution < 1.29 is 14.7 Å². The van der Waals surface area contributed by atoms with Crippen LogP contribution in [0.5, 0.6) is 0 Å². The third-order valence-corrected chi connectivity index (χ3v) is 2.76. The van der Waals surface area contributed by atoms with Crippen LogP contribution in [0, 0.1) is 12.3 Å². The maximum absolute atomic E-state index is 11.7. The lowest BCUT2D eigenvalue weighted by Crippen LogP contribution is -2.59. The molecule has 0 bridgehead atoms. The maximum atomic E-state index is 11.7. The molecule has 0 aromatic rings. The lowest BCUT2D eigenvalue weighted by molar-refractivity contribution is -0.144. The molecule has 0 aliphatic carbocycles. The Kier molecular flexibility index (Phi) is 5.02. The van der Waals surface area contributed by atoms with Gasteiger partial charge in [-0.3, -0.25) is 0 Å². The van der Waals surface area contributed by atoms with Crippen LogP contribution < -0.4 is 10.6 Å². The highest BCUT2D eigenvalue weighted by molar-refractivity contribution is 5.86. The summed E-state index contributed by atoms with van der Waals surface area (Å²) in [6, 6.07) is -0.570. The van der Waals surface area contributed by atoms with Crippen molar-refractivity contribution in [1.29, 1.82) is 0 Å². The Morgan fingerprint density at radius 3 is 2.00 bits per heavy atom. The van der Waals surface area contributed by atoms with Crippen LogP contribution in [0.1, 0.15) is 40.5 Å². The summed E-state index contributed by atoms with van der Waals surface area (Å²) in [6.45, 7) is 6.74. The van der Waals surface area contributed by atoms with Gasteiger partial charge in [0, 0.05) is 0 Å². The number of terminal acetylenes is 1. The van der Waals surface area contributed by atoms with E-state index in [0.717, 1.165) is 0 Å². The molecular formula is C12H20N2O3. The van der Waals surface area contributed by atoms with E-state index >= 15 is 0 Å². The highest BCUT2D eigenvalue weighted by atomic mass is 16.4. The van der Waals surface area contributed by atoms with E-state index in [1.54, 1.807) is 27.7 Å². The number of carboxylic acid groups (broad SMARTS) is 1. The minimum atomic E-state index is -1.24. The molecule has 0 heterocycles. The number of carbonyl (C=O) groups excluding carboxylic acids is 1. The first-order chi connectivity index (χ1) is 7.73. The molecule has 0 fully saturated rings. The van der Waals surface area contributed by atoms with Gasteiger partial charge in [-0.25, -0.2) is 9.59 Å². The number of hydrogen-bond acceptors (Lipinski definition) is 2. The van der Waals surface area contributed by atoms with Crippen LogP contribution in [0.2, 0.25) is 0 Å². The average molecular weight is 240 g/mol. The summed E-state index contributed by atoms with van der Waals surface area (Å²) in [5.74, 6) is 1.36. The molecule has 5 heteroatoms. The third kappa shape index (κ3) is 3.99. The van der Waals surface area contributed by atoms with Gasteiger partial charge in [-0.2, -0.15) is 0 Å². The van der Waals surface area contributed by atoms with Crippen LogP contribution >= 0.6 is 0 Å². The SMILES string of the molecule is C#CC(C)(C)NC(=O)NC(CC)(CC)C(=O)O. The number of carboxylic acids is 1. The summed E-state index contributed by atoms with van der Waals surface area (Å²) < 4.78 is 0. The minimum absolute atomic E-state index is 0.308. The Hall–Kier alpha value is -1.70. The van der Waals surface area contributed by atoms with Crippen LogP contribution in [-0.4, -0.2) is 28.2 Å². The fraction of sp³-hybridized carbons (Fsp3) is 0.667. The van der Waals surface area contributed by atoms with Gasteiger partial charge in [0.05, 0.1) is 5.54 Å². The molecule has 0 atom stereocenters. The molecular weight excluding hydrogens is 220 g/mol. The first kappa shape index (κ1) is 15.3. The Labute approximate surface area is 102 Å². The Morgan fingerprint density at radius 1 is 1.24 bits per heavy atom. The normalized spacial score (nSPS) is 11.5.